The van der Waals surface area contributed by atoms with Crippen molar-refractivity contribution in [3.05, 3.63) is 57.5 Å². The lowest BCUT2D eigenvalue weighted by Crippen LogP contribution is -2.21. The van der Waals surface area contributed by atoms with Crippen LogP contribution in [0.5, 0.6) is 0 Å². The topological polar surface area (TPSA) is 55.1 Å². The number of nitrogens with one attached hydrogen (secondary N) is 1. The summed E-state index contributed by atoms with van der Waals surface area (Å²) in [5, 5.41) is 2.78. The zero-order valence-electron chi connectivity index (χ0n) is 10.7. The highest BCUT2D eigenvalue weighted by Gasteiger charge is 2.08. The van der Waals surface area contributed by atoms with E-state index in [0.29, 0.717) is 18.0 Å². The third kappa shape index (κ3) is 3.92. The number of carbonyl (C=O) groups excluding carboxylic acids is 1. The maximum absolute atomic E-state index is 12.7. The van der Waals surface area contributed by atoms with Crippen molar-refractivity contribution in [1.82, 2.24) is 5.32 Å². The average molecular weight is 288 g/mol. The fourth-order valence-electron chi connectivity index (χ4n) is 1.54. The van der Waals surface area contributed by atoms with Crippen molar-refractivity contribution in [1.29, 1.82) is 0 Å². The van der Waals surface area contributed by atoms with Crippen molar-refractivity contribution >= 4 is 17.2 Å². The molecule has 0 aliphatic carbocycles. The molecule has 0 atom stereocenters. The van der Waals surface area contributed by atoms with E-state index in [1.807, 2.05) is 0 Å². The predicted molar refractivity (Wildman–Crippen MR) is 77.8 cm³/mol. The molecule has 1 amide bonds. The third-order valence-electron chi connectivity index (χ3n) is 2.51. The van der Waals surface area contributed by atoms with E-state index in [0.717, 1.165) is 10.4 Å². The highest BCUT2D eigenvalue weighted by atomic mass is 32.1. The van der Waals surface area contributed by atoms with Crippen LogP contribution in [0.3, 0.4) is 0 Å². The van der Waals surface area contributed by atoms with Crippen LogP contribution in [0, 0.1) is 17.7 Å². The van der Waals surface area contributed by atoms with Crippen molar-refractivity contribution in [2.24, 2.45) is 5.73 Å². The summed E-state index contributed by atoms with van der Waals surface area (Å²) >= 11 is 1.32. The number of carbonyl (C=O) groups is 1. The van der Waals surface area contributed by atoms with Crippen LogP contribution in [0.4, 0.5) is 4.39 Å². The molecular weight excluding hydrogens is 275 g/mol. The molecular formula is C15H13FN2OS. The Morgan fingerprint density at radius 3 is 2.70 bits per heavy atom. The molecule has 0 aliphatic rings. The minimum absolute atomic E-state index is 0.167. The molecule has 0 radical (unpaired) electrons. The lowest BCUT2D eigenvalue weighted by atomic mass is 10.2. The third-order valence-corrected chi connectivity index (χ3v) is 3.51. The molecule has 0 saturated heterocycles. The number of benzene rings is 1. The molecule has 1 aromatic carbocycles. The number of amides is 1. The number of hydrogen-bond acceptors (Lipinski definition) is 3. The Bertz CT molecular complexity index is 653. The first kappa shape index (κ1) is 14.3. The normalized spacial score (nSPS) is 9.70. The van der Waals surface area contributed by atoms with E-state index in [1.54, 1.807) is 24.3 Å². The number of rotatable bonds is 3. The Kier molecular flexibility index (Phi) is 4.88. The molecule has 2 aromatic rings. The molecule has 0 aliphatic heterocycles. The molecule has 0 spiro atoms. The van der Waals surface area contributed by atoms with Gasteiger partial charge in [-0.05, 0) is 29.8 Å². The maximum atomic E-state index is 12.7. The molecule has 0 unspecified atom stereocenters. The molecule has 20 heavy (non-hydrogen) atoms. The SMILES string of the molecule is NCC#Cc1ccc(C(=O)NCc2ccc(F)cc2)s1. The first-order chi connectivity index (χ1) is 9.69. The first-order valence-electron chi connectivity index (χ1n) is 6.00. The van der Waals surface area contributed by atoms with Gasteiger partial charge in [0.2, 0.25) is 0 Å². The van der Waals surface area contributed by atoms with E-state index in [4.69, 9.17) is 5.73 Å². The summed E-state index contributed by atoms with van der Waals surface area (Å²) in [5.41, 5.74) is 6.14. The standard InChI is InChI=1S/C15H13FN2OS/c16-12-5-3-11(4-6-12)10-18-15(19)14-8-7-13(20-14)2-1-9-17/h3-8H,9-10,17H2,(H,18,19). The van der Waals surface area contributed by atoms with E-state index in [2.05, 4.69) is 17.2 Å². The quantitative estimate of drug-likeness (QED) is 0.850. The van der Waals surface area contributed by atoms with Gasteiger partial charge in [-0.25, -0.2) is 4.39 Å². The Morgan fingerprint density at radius 2 is 2.00 bits per heavy atom. The van der Waals surface area contributed by atoms with Crippen LogP contribution in [-0.4, -0.2) is 12.5 Å². The van der Waals surface area contributed by atoms with Crippen molar-refractivity contribution in [2.45, 2.75) is 6.54 Å². The molecule has 0 saturated carbocycles. The smallest absolute Gasteiger partial charge is 0.261 e. The van der Waals surface area contributed by atoms with Gasteiger partial charge in [-0.1, -0.05) is 24.0 Å². The fraction of sp³-hybridized carbons (Fsp3) is 0.133. The van der Waals surface area contributed by atoms with Crippen molar-refractivity contribution in [3.63, 3.8) is 0 Å². The summed E-state index contributed by atoms with van der Waals surface area (Å²) in [4.78, 5) is 13.3. The molecule has 3 nitrogen and oxygen atoms in total. The van der Waals surface area contributed by atoms with Gasteiger partial charge in [-0.15, -0.1) is 11.3 Å². The average Bonchev–Trinajstić information content (AvgIpc) is 2.93. The number of thiophene rings is 1. The van der Waals surface area contributed by atoms with Crippen LogP contribution in [0.2, 0.25) is 0 Å². The van der Waals surface area contributed by atoms with Crippen LogP contribution in [0.1, 0.15) is 20.1 Å². The first-order valence-corrected chi connectivity index (χ1v) is 6.82. The zero-order chi connectivity index (χ0) is 14.4. The minimum atomic E-state index is -0.290. The van der Waals surface area contributed by atoms with Gasteiger partial charge in [0.15, 0.2) is 0 Å². The molecule has 5 heteroatoms. The summed E-state index contributed by atoms with van der Waals surface area (Å²) in [6, 6.07) is 9.54. The van der Waals surface area contributed by atoms with Gasteiger partial charge >= 0.3 is 0 Å². The fourth-order valence-corrected chi connectivity index (χ4v) is 2.33. The summed E-state index contributed by atoms with van der Waals surface area (Å²) < 4.78 is 12.7. The van der Waals surface area contributed by atoms with E-state index >= 15 is 0 Å². The molecule has 102 valence electrons. The molecule has 1 aromatic heterocycles. The van der Waals surface area contributed by atoms with Crippen LogP contribution < -0.4 is 11.1 Å². The van der Waals surface area contributed by atoms with Crippen molar-refractivity contribution in [2.75, 3.05) is 6.54 Å². The number of hydrogen-bond donors (Lipinski definition) is 2. The second-order valence-corrected chi connectivity index (χ2v) is 5.06. The second kappa shape index (κ2) is 6.85. The van der Waals surface area contributed by atoms with E-state index in [9.17, 15) is 9.18 Å². The van der Waals surface area contributed by atoms with E-state index in [-0.39, 0.29) is 11.7 Å². The molecule has 3 N–H and O–H groups in total. The van der Waals surface area contributed by atoms with Gasteiger partial charge < -0.3 is 11.1 Å². The monoisotopic (exact) mass is 288 g/mol. The van der Waals surface area contributed by atoms with Crippen molar-refractivity contribution in [3.8, 4) is 11.8 Å². The number of nitrogens with two attached hydrogens (primary N) is 1. The van der Waals surface area contributed by atoms with E-state index < -0.39 is 0 Å². The molecule has 0 bridgehead atoms. The Balaban J connectivity index is 1.94. The minimum Gasteiger partial charge on any atom is -0.347 e. The molecule has 1 heterocycles. The zero-order valence-corrected chi connectivity index (χ0v) is 11.5. The summed E-state index contributed by atoms with van der Waals surface area (Å²) in [5.74, 6) is 5.17. The Labute approximate surface area is 120 Å². The highest BCUT2D eigenvalue weighted by Crippen LogP contribution is 2.15. The molecule has 2 rings (SSSR count). The van der Waals surface area contributed by atoms with Crippen LogP contribution in [0.25, 0.3) is 0 Å². The van der Waals surface area contributed by atoms with Gasteiger partial charge in [0, 0.05) is 6.54 Å². The second-order valence-electron chi connectivity index (χ2n) is 3.98. The summed E-state index contributed by atoms with van der Waals surface area (Å²) in [6.07, 6.45) is 0. The number of halogens is 1. The summed E-state index contributed by atoms with van der Waals surface area (Å²) in [7, 11) is 0. The highest BCUT2D eigenvalue weighted by molar-refractivity contribution is 7.14. The van der Waals surface area contributed by atoms with Crippen LogP contribution >= 0.6 is 11.3 Å². The van der Waals surface area contributed by atoms with Gasteiger partial charge in [0.05, 0.1) is 16.3 Å². The predicted octanol–water partition coefficient (Wildman–Crippen LogP) is 2.13. The largest absolute Gasteiger partial charge is 0.347 e. The van der Waals surface area contributed by atoms with Crippen molar-refractivity contribution < 1.29 is 9.18 Å². The lowest BCUT2D eigenvalue weighted by molar-refractivity contribution is 0.0955. The van der Waals surface area contributed by atoms with Gasteiger partial charge in [0.25, 0.3) is 5.91 Å². The lowest BCUT2D eigenvalue weighted by Gasteiger charge is -2.03. The van der Waals surface area contributed by atoms with Crippen LogP contribution in [0.15, 0.2) is 36.4 Å². The maximum Gasteiger partial charge on any atom is 0.261 e. The van der Waals surface area contributed by atoms with Crippen LogP contribution in [-0.2, 0) is 6.54 Å². The molecule has 0 fully saturated rings. The van der Waals surface area contributed by atoms with Gasteiger partial charge in [0.1, 0.15) is 5.82 Å². The Morgan fingerprint density at radius 1 is 1.25 bits per heavy atom. The Hall–Kier alpha value is -2.16. The van der Waals surface area contributed by atoms with Gasteiger partial charge in [-0.2, -0.15) is 0 Å². The van der Waals surface area contributed by atoms with Gasteiger partial charge in [-0.3, -0.25) is 4.79 Å². The van der Waals surface area contributed by atoms with E-state index in [1.165, 1.54) is 23.5 Å². The summed E-state index contributed by atoms with van der Waals surface area (Å²) in [6.45, 7) is 0.658.